The number of ether oxygens (including phenoxy) is 2. The summed E-state index contributed by atoms with van der Waals surface area (Å²) in [7, 11) is 2.83. The van der Waals surface area contributed by atoms with Gasteiger partial charge < -0.3 is 24.8 Å². The van der Waals surface area contributed by atoms with Gasteiger partial charge in [0, 0.05) is 18.2 Å². The molecule has 146 valence electrons. The lowest BCUT2D eigenvalue weighted by Crippen LogP contribution is -2.31. The maximum atomic E-state index is 12.8. The van der Waals surface area contributed by atoms with Gasteiger partial charge in [0.05, 0.1) is 38.6 Å². The van der Waals surface area contributed by atoms with E-state index in [4.69, 9.17) is 9.47 Å². The molecule has 0 unspecified atom stereocenters. The van der Waals surface area contributed by atoms with Crippen LogP contribution in [0.5, 0.6) is 5.75 Å². The maximum absolute atomic E-state index is 12.8. The number of hydrogen-bond donors (Lipinski definition) is 2. The summed E-state index contributed by atoms with van der Waals surface area (Å²) < 4.78 is 10.1. The van der Waals surface area contributed by atoms with Crippen molar-refractivity contribution in [2.24, 2.45) is 0 Å². The molecule has 1 aliphatic heterocycles. The monoisotopic (exact) mass is 382 g/mol. The van der Waals surface area contributed by atoms with Crippen molar-refractivity contribution < 1.29 is 24.2 Å². The molecular formula is C21H22N2O5. The molecule has 0 fully saturated rings. The van der Waals surface area contributed by atoms with Crippen LogP contribution in [0.1, 0.15) is 0 Å². The number of methoxy groups -OCH3 is 2. The minimum atomic E-state index is -0.583. The van der Waals surface area contributed by atoms with Gasteiger partial charge in [-0.25, -0.2) is 4.79 Å². The van der Waals surface area contributed by atoms with Crippen LogP contribution in [0.4, 0.5) is 5.69 Å². The topological polar surface area (TPSA) is 88.1 Å². The van der Waals surface area contributed by atoms with Crippen LogP contribution in [-0.2, 0) is 14.3 Å². The lowest BCUT2D eigenvalue weighted by atomic mass is 10.0. The van der Waals surface area contributed by atoms with E-state index in [0.717, 1.165) is 11.1 Å². The van der Waals surface area contributed by atoms with Crippen molar-refractivity contribution in [2.75, 3.05) is 39.2 Å². The van der Waals surface area contributed by atoms with E-state index in [0.29, 0.717) is 11.4 Å². The Bertz CT molecular complexity index is 908. The molecule has 0 saturated heterocycles. The number of amides is 1. The number of aliphatic hydroxyl groups excluding tert-OH is 1. The molecule has 3 rings (SSSR count). The van der Waals surface area contributed by atoms with E-state index < -0.39 is 5.97 Å². The number of nitrogens with one attached hydrogen (secondary N) is 1. The highest BCUT2D eigenvalue weighted by Crippen LogP contribution is 2.34. The summed E-state index contributed by atoms with van der Waals surface area (Å²) in [5.74, 6) is -0.336. The highest BCUT2D eigenvalue weighted by atomic mass is 16.5. The second-order valence-corrected chi connectivity index (χ2v) is 6.20. The molecule has 28 heavy (non-hydrogen) atoms. The van der Waals surface area contributed by atoms with Crippen LogP contribution >= 0.6 is 0 Å². The van der Waals surface area contributed by atoms with Gasteiger partial charge in [-0.2, -0.15) is 0 Å². The standard InChI is InChI=1S/C21H22N2O5/c1-27-15-8-9-16(14-6-4-3-5-7-14)18(12-15)22-19-17(21(26)28-2)13-23(10-11-24)20(19)25/h3-9,12,22,24H,10-11,13H2,1-2H3. The van der Waals surface area contributed by atoms with Crippen molar-refractivity contribution in [3.63, 3.8) is 0 Å². The molecule has 0 spiro atoms. The van der Waals surface area contributed by atoms with Crippen molar-refractivity contribution in [3.05, 3.63) is 59.8 Å². The first-order valence-corrected chi connectivity index (χ1v) is 8.81. The summed E-state index contributed by atoms with van der Waals surface area (Å²) in [6.45, 7) is 0.0229. The molecule has 0 bridgehead atoms. The Morgan fingerprint density at radius 3 is 2.57 bits per heavy atom. The van der Waals surface area contributed by atoms with E-state index in [1.807, 2.05) is 42.5 Å². The van der Waals surface area contributed by atoms with Gasteiger partial charge in [0.1, 0.15) is 11.4 Å². The van der Waals surface area contributed by atoms with Gasteiger partial charge in [-0.15, -0.1) is 0 Å². The zero-order valence-corrected chi connectivity index (χ0v) is 15.8. The highest BCUT2D eigenvalue weighted by Gasteiger charge is 2.34. The number of carbonyl (C=O) groups excluding carboxylic acids is 2. The molecule has 0 atom stereocenters. The van der Waals surface area contributed by atoms with Crippen LogP contribution in [0.2, 0.25) is 0 Å². The van der Waals surface area contributed by atoms with Gasteiger partial charge in [0.2, 0.25) is 0 Å². The summed E-state index contributed by atoms with van der Waals surface area (Å²) in [6.07, 6.45) is 0. The molecule has 7 heteroatoms. The van der Waals surface area contributed by atoms with Crippen molar-refractivity contribution in [1.82, 2.24) is 4.90 Å². The Morgan fingerprint density at radius 2 is 1.93 bits per heavy atom. The van der Waals surface area contributed by atoms with Gasteiger partial charge in [-0.3, -0.25) is 4.79 Å². The van der Waals surface area contributed by atoms with Crippen molar-refractivity contribution in [2.45, 2.75) is 0 Å². The summed E-state index contributed by atoms with van der Waals surface area (Å²) in [5.41, 5.74) is 2.80. The van der Waals surface area contributed by atoms with E-state index in [1.54, 1.807) is 13.2 Å². The molecule has 1 aliphatic rings. The Labute approximate surface area is 163 Å². The quantitative estimate of drug-likeness (QED) is 0.713. The van der Waals surface area contributed by atoms with Gasteiger partial charge >= 0.3 is 5.97 Å². The van der Waals surface area contributed by atoms with Gasteiger partial charge in [-0.05, 0) is 17.7 Å². The number of esters is 1. The molecule has 2 aromatic rings. The van der Waals surface area contributed by atoms with Crippen LogP contribution in [0.15, 0.2) is 59.8 Å². The van der Waals surface area contributed by atoms with Crippen molar-refractivity contribution in [1.29, 1.82) is 0 Å². The Hall–Kier alpha value is -3.32. The number of rotatable bonds is 7. The summed E-state index contributed by atoms with van der Waals surface area (Å²) in [4.78, 5) is 26.4. The minimum Gasteiger partial charge on any atom is -0.497 e. The van der Waals surface area contributed by atoms with E-state index in [9.17, 15) is 14.7 Å². The predicted molar refractivity (Wildman–Crippen MR) is 105 cm³/mol. The van der Waals surface area contributed by atoms with Gasteiger partial charge in [0.15, 0.2) is 0 Å². The molecule has 1 heterocycles. The summed E-state index contributed by atoms with van der Waals surface area (Å²) >= 11 is 0. The van der Waals surface area contributed by atoms with E-state index in [1.165, 1.54) is 12.0 Å². The lowest BCUT2D eigenvalue weighted by molar-refractivity contribution is -0.136. The predicted octanol–water partition coefficient (Wildman–Crippen LogP) is 2.04. The third-order valence-corrected chi connectivity index (χ3v) is 4.52. The number of β-amino-alcohol motifs (C(OH)–C–C–N with tert-alkyl or cyclic N) is 1. The van der Waals surface area contributed by atoms with Crippen LogP contribution in [0, 0.1) is 0 Å². The SMILES string of the molecule is COC(=O)C1=C(Nc2cc(OC)ccc2-c2ccccc2)C(=O)N(CCO)C1. The van der Waals surface area contributed by atoms with Crippen LogP contribution in [0.25, 0.3) is 11.1 Å². The minimum absolute atomic E-state index is 0.0824. The highest BCUT2D eigenvalue weighted by molar-refractivity contribution is 6.09. The second-order valence-electron chi connectivity index (χ2n) is 6.20. The fourth-order valence-electron chi connectivity index (χ4n) is 3.11. The van der Waals surface area contributed by atoms with Crippen molar-refractivity contribution >= 4 is 17.6 Å². The van der Waals surface area contributed by atoms with E-state index >= 15 is 0 Å². The molecule has 0 aromatic heterocycles. The molecule has 7 nitrogen and oxygen atoms in total. The van der Waals surface area contributed by atoms with Gasteiger partial charge in [-0.1, -0.05) is 30.3 Å². The number of aliphatic hydroxyl groups is 1. The van der Waals surface area contributed by atoms with Crippen LogP contribution < -0.4 is 10.1 Å². The third kappa shape index (κ3) is 3.84. The largest absolute Gasteiger partial charge is 0.497 e. The zero-order chi connectivity index (χ0) is 20.1. The Morgan fingerprint density at radius 1 is 1.18 bits per heavy atom. The third-order valence-electron chi connectivity index (χ3n) is 4.52. The fourth-order valence-corrected chi connectivity index (χ4v) is 3.11. The molecule has 2 N–H and O–H groups in total. The zero-order valence-electron chi connectivity index (χ0n) is 15.8. The number of nitrogens with zero attached hydrogens (tertiary/aromatic N) is 1. The number of benzene rings is 2. The average Bonchev–Trinajstić information content (AvgIpc) is 3.04. The smallest absolute Gasteiger partial charge is 0.337 e. The molecule has 2 aromatic carbocycles. The summed E-state index contributed by atoms with van der Waals surface area (Å²) in [5, 5.41) is 12.3. The Kier molecular flexibility index (Phi) is 5.96. The second kappa shape index (κ2) is 8.58. The first-order chi connectivity index (χ1) is 13.6. The molecule has 0 saturated carbocycles. The number of carbonyl (C=O) groups is 2. The number of anilines is 1. The molecule has 1 amide bonds. The maximum Gasteiger partial charge on any atom is 0.337 e. The molecule has 0 aliphatic carbocycles. The Balaban J connectivity index is 2.05. The fraction of sp³-hybridized carbons (Fsp3) is 0.238. The van der Waals surface area contributed by atoms with E-state index in [-0.39, 0.29) is 36.9 Å². The molecule has 0 radical (unpaired) electrons. The van der Waals surface area contributed by atoms with Gasteiger partial charge in [0.25, 0.3) is 5.91 Å². The average molecular weight is 382 g/mol. The van der Waals surface area contributed by atoms with Crippen molar-refractivity contribution in [3.8, 4) is 16.9 Å². The molecular weight excluding hydrogens is 360 g/mol. The number of hydrogen-bond acceptors (Lipinski definition) is 6. The van der Waals surface area contributed by atoms with Crippen LogP contribution in [0.3, 0.4) is 0 Å². The van der Waals surface area contributed by atoms with E-state index in [2.05, 4.69) is 5.32 Å². The lowest BCUT2D eigenvalue weighted by Gasteiger charge is -2.17. The first kappa shape index (κ1) is 19.4. The first-order valence-electron chi connectivity index (χ1n) is 8.81. The normalized spacial score (nSPS) is 13.7. The summed E-state index contributed by atoms with van der Waals surface area (Å²) in [6, 6.07) is 15.2. The van der Waals surface area contributed by atoms with Crippen LogP contribution in [-0.4, -0.2) is 55.8 Å².